The number of hydrogen-bond acceptors (Lipinski definition) is 3. The van der Waals surface area contributed by atoms with Crippen molar-refractivity contribution in [3.05, 3.63) is 42.0 Å². The minimum atomic E-state index is -0.259. The van der Waals surface area contributed by atoms with E-state index in [0.717, 1.165) is 24.2 Å². The van der Waals surface area contributed by atoms with Gasteiger partial charge in [-0.3, -0.25) is 0 Å². The normalized spacial score (nSPS) is 10.7. The molecule has 0 aliphatic heterocycles. The van der Waals surface area contributed by atoms with Crippen LogP contribution in [0.2, 0.25) is 0 Å². The van der Waals surface area contributed by atoms with Crippen LogP contribution in [0.4, 0.5) is 4.39 Å². The predicted octanol–water partition coefficient (Wildman–Crippen LogP) is 2.98. The van der Waals surface area contributed by atoms with E-state index >= 15 is 0 Å². The van der Waals surface area contributed by atoms with Gasteiger partial charge < -0.3 is 9.73 Å². The van der Waals surface area contributed by atoms with Crippen LogP contribution in [0.5, 0.6) is 0 Å². The first-order valence-corrected chi connectivity index (χ1v) is 5.70. The lowest BCUT2D eigenvalue weighted by molar-refractivity contribution is 0.569. The average molecular weight is 234 g/mol. The SMILES string of the molecule is CCCNCc1coc(-c2ccc(F)cc2)n1. The predicted molar refractivity (Wildman–Crippen MR) is 63.9 cm³/mol. The van der Waals surface area contributed by atoms with E-state index < -0.39 is 0 Å². The molecule has 0 aliphatic carbocycles. The lowest BCUT2D eigenvalue weighted by atomic mass is 10.2. The minimum absolute atomic E-state index is 0.259. The van der Waals surface area contributed by atoms with Gasteiger partial charge in [-0.1, -0.05) is 6.92 Å². The number of oxazole rings is 1. The van der Waals surface area contributed by atoms with Gasteiger partial charge >= 0.3 is 0 Å². The van der Waals surface area contributed by atoms with Gasteiger partial charge in [-0.2, -0.15) is 0 Å². The molecule has 2 aromatic rings. The summed E-state index contributed by atoms with van der Waals surface area (Å²) >= 11 is 0. The van der Waals surface area contributed by atoms with Crippen LogP contribution in [0.15, 0.2) is 34.9 Å². The zero-order valence-electron chi connectivity index (χ0n) is 9.74. The highest BCUT2D eigenvalue weighted by molar-refractivity contribution is 5.52. The van der Waals surface area contributed by atoms with Crippen molar-refractivity contribution in [2.45, 2.75) is 19.9 Å². The van der Waals surface area contributed by atoms with Gasteiger partial charge in [0, 0.05) is 12.1 Å². The van der Waals surface area contributed by atoms with Crippen molar-refractivity contribution in [2.24, 2.45) is 0 Å². The van der Waals surface area contributed by atoms with Crippen molar-refractivity contribution in [2.75, 3.05) is 6.54 Å². The van der Waals surface area contributed by atoms with Gasteiger partial charge in [0.1, 0.15) is 12.1 Å². The summed E-state index contributed by atoms with van der Waals surface area (Å²) in [4.78, 5) is 4.33. The molecular formula is C13H15FN2O. The Balaban J connectivity index is 2.04. The van der Waals surface area contributed by atoms with Gasteiger partial charge in [0.05, 0.1) is 5.69 Å². The molecule has 1 heterocycles. The van der Waals surface area contributed by atoms with Gasteiger partial charge in [0.2, 0.25) is 5.89 Å². The summed E-state index contributed by atoms with van der Waals surface area (Å²) in [5.41, 5.74) is 1.64. The first-order chi connectivity index (χ1) is 8.29. The summed E-state index contributed by atoms with van der Waals surface area (Å²) in [6.45, 7) is 3.76. The highest BCUT2D eigenvalue weighted by atomic mass is 19.1. The fourth-order valence-electron chi connectivity index (χ4n) is 1.51. The molecule has 90 valence electrons. The molecule has 0 spiro atoms. The molecule has 0 saturated heterocycles. The number of rotatable bonds is 5. The maximum absolute atomic E-state index is 12.8. The molecule has 17 heavy (non-hydrogen) atoms. The second kappa shape index (κ2) is 5.59. The Bertz CT molecular complexity index is 465. The molecule has 0 aliphatic rings. The Morgan fingerprint density at radius 2 is 2.06 bits per heavy atom. The van der Waals surface area contributed by atoms with Gasteiger partial charge in [0.15, 0.2) is 0 Å². The molecular weight excluding hydrogens is 219 g/mol. The quantitative estimate of drug-likeness (QED) is 0.808. The summed E-state index contributed by atoms with van der Waals surface area (Å²) in [5, 5.41) is 3.24. The number of benzene rings is 1. The first kappa shape index (κ1) is 11.8. The largest absolute Gasteiger partial charge is 0.444 e. The third-order valence-corrected chi connectivity index (χ3v) is 2.38. The summed E-state index contributed by atoms with van der Waals surface area (Å²) < 4.78 is 18.1. The average Bonchev–Trinajstić information content (AvgIpc) is 2.79. The Morgan fingerprint density at radius 1 is 1.29 bits per heavy atom. The Kier molecular flexibility index (Phi) is 3.88. The van der Waals surface area contributed by atoms with Gasteiger partial charge in [0.25, 0.3) is 0 Å². The van der Waals surface area contributed by atoms with E-state index in [2.05, 4.69) is 17.2 Å². The molecule has 3 nitrogen and oxygen atoms in total. The van der Waals surface area contributed by atoms with E-state index in [1.165, 1.54) is 12.1 Å². The number of aromatic nitrogens is 1. The topological polar surface area (TPSA) is 38.1 Å². The molecule has 0 unspecified atom stereocenters. The molecule has 1 N–H and O–H groups in total. The van der Waals surface area contributed by atoms with E-state index in [4.69, 9.17) is 4.42 Å². The molecule has 1 aromatic carbocycles. The van der Waals surface area contributed by atoms with Crippen LogP contribution in [0.1, 0.15) is 19.0 Å². The number of nitrogens with one attached hydrogen (secondary N) is 1. The maximum atomic E-state index is 12.8. The molecule has 0 atom stereocenters. The highest BCUT2D eigenvalue weighted by Gasteiger charge is 2.06. The van der Waals surface area contributed by atoms with Gasteiger partial charge in [-0.05, 0) is 37.2 Å². The monoisotopic (exact) mass is 234 g/mol. The lowest BCUT2D eigenvalue weighted by Crippen LogP contribution is -2.13. The second-order valence-electron chi connectivity index (χ2n) is 3.83. The highest BCUT2D eigenvalue weighted by Crippen LogP contribution is 2.18. The summed E-state index contributed by atoms with van der Waals surface area (Å²) in [6, 6.07) is 6.11. The van der Waals surface area contributed by atoms with Crippen LogP contribution < -0.4 is 5.32 Å². The fourth-order valence-corrected chi connectivity index (χ4v) is 1.51. The van der Waals surface area contributed by atoms with Crippen molar-refractivity contribution in [3.8, 4) is 11.5 Å². The van der Waals surface area contributed by atoms with E-state index in [0.29, 0.717) is 12.4 Å². The molecule has 0 fully saturated rings. The van der Waals surface area contributed by atoms with Crippen molar-refractivity contribution < 1.29 is 8.81 Å². The van der Waals surface area contributed by atoms with E-state index in [1.807, 2.05) is 0 Å². The second-order valence-corrected chi connectivity index (χ2v) is 3.83. The van der Waals surface area contributed by atoms with Crippen LogP contribution in [-0.2, 0) is 6.54 Å². The molecule has 0 bridgehead atoms. The zero-order chi connectivity index (χ0) is 12.1. The number of hydrogen-bond donors (Lipinski definition) is 1. The van der Waals surface area contributed by atoms with Gasteiger partial charge in [-0.25, -0.2) is 9.37 Å². The standard InChI is InChI=1S/C13H15FN2O/c1-2-7-15-8-12-9-17-13(16-12)10-3-5-11(14)6-4-10/h3-6,9,15H,2,7-8H2,1H3. The van der Waals surface area contributed by atoms with Crippen molar-refractivity contribution in [1.29, 1.82) is 0 Å². The van der Waals surface area contributed by atoms with E-state index in [-0.39, 0.29) is 5.82 Å². The summed E-state index contributed by atoms with van der Waals surface area (Å²) in [7, 11) is 0. The first-order valence-electron chi connectivity index (χ1n) is 5.70. The minimum Gasteiger partial charge on any atom is -0.444 e. The van der Waals surface area contributed by atoms with Crippen molar-refractivity contribution >= 4 is 0 Å². The summed E-state index contributed by atoms with van der Waals surface area (Å²) in [6.07, 6.45) is 2.71. The molecule has 0 radical (unpaired) electrons. The van der Waals surface area contributed by atoms with Crippen LogP contribution in [0.25, 0.3) is 11.5 Å². The Morgan fingerprint density at radius 3 is 2.76 bits per heavy atom. The molecule has 2 rings (SSSR count). The van der Waals surface area contributed by atoms with Crippen LogP contribution in [-0.4, -0.2) is 11.5 Å². The molecule has 0 saturated carbocycles. The van der Waals surface area contributed by atoms with E-state index in [9.17, 15) is 4.39 Å². The third kappa shape index (κ3) is 3.14. The maximum Gasteiger partial charge on any atom is 0.226 e. The zero-order valence-corrected chi connectivity index (χ0v) is 9.74. The smallest absolute Gasteiger partial charge is 0.226 e. The Hall–Kier alpha value is -1.68. The van der Waals surface area contributed by atoms with Crippen LogP contribution >= 0.6 is 0 Å². The van der Waals surface area contributed by atoms with Crippen LogP contribution in [0, 0.1) is 5.82 Å². The fraction of sp³-hybridized carbons (Fsp3) is 0.308. The third-order valence-electron chi connectivity index (χ3n) is 2.38. The van der Waals surface area contributed by atoms with Gasteiger partial charge in [-0.15, -0.1) is 0 Å². The number of nitrogens with zero attached hydrogens (tertiary/aromatic N) is 1. The van der Waals surface area contributed by atoms with Crippen molar-refractivity contribution in [3.63, 3.8) is 0 Å². The molecule has 4 heteroatoms. The van der Waals surface area contributed by atoms with Crippen LogP contribution in [0.3, 0.4) is 0 Å². The Labute approximate surface area is 99.7 Å². The molecule has 1 aromatic heterocycles. The number of halogens is 1. The lowest BCUT2D eigenvalue weighted by Gasteiger charge is -1.97. The molecule has 0 amide bonds. The van der Waals surface area contributed by atoms with Crippen molar-refractivity contribution in [1.82, 2.24) is 10.3 Å². The summed E-state index contributed by atoms with van der Waals surface area (Å²) in [5.74, 6) is 0.267. The van der Waals surface area contributed by atoms with E-state index in [1.54, 1.807) is 18.4 Å².